The molecule has 1 aliphatic carbocycles. The zero-order valence-electron chi connectivity index (χ0n) is 18.3. The van der Waals surface area contributed by atoms with Crippen LogP contribution in [0.2, 0.25) is 0 Å². The number of piperidine rings is 1. The van der Waals surface area contributed by atoms with Crippen molar-refractivity contribution in [1.82, 2.24) is 20.1 Å². The van der Waals surface area contributed by atoms with Gasteiger partial charge in [-0.05, 0) is 54.4 Å². The van der Waals surface area contributed by atoms with Gasteiger partial charge in [0.05, 0.1) is 0 Å². The van der Waals surface area contributed by atoms with E-state index in [1.165, 1.54) is 10.9 Å². The number of nitrogens with one attached hydrogen (secondary N) is 2. The fourth-order valence-corrected chi connectivity index (χ4v) is 5.84. The number of benzene rings is 2. The van der Waals surface area contributed by atoms with Crippen LogP contribution >= 0.6 is 0 Å². The van der Waals surface area contributed by atoms with E-state index < -0.39 is 11.6 Å². The number of para-hydroxylation sites is 1. The standard InChI is InChI=1S/C26H26N4O3/c31-23(29-13-10-17(11-14-29)20-15-27-22-8-4-2-6-19(20)22)16-30-24(32)26(28-25(30)33)12-9-18-5-1-3-7-21(18)26/h1-8,15,17,27H,9-14,16H2,(H,28,33). The maximum atomic E-state index is 13.3. The monoisotopic (exact) mass is 442 g/mol. The number of aromatic nitrogens is 1. The molecule has 7 heteroatoms. The van der Waals surface area contributed by atoms with Crippen LogP contribution in [0.4, 0.5) is 4.79 Å². The van der Waals surface area contributed by atoms with Crippen molar-refractivity contribution in [2.24, 2.45) is 0 Å². The summed E-state index contributed by atoms with van der Waals surface area (Å²) in [4.78, 5) is 45.3. The molecule has 7 nitrogen and oxygen atoms in total. The van der Waals surface area contributed by atoms with Crippen LogP contribution < -0.4 is 5.32 Å². The second-order valence-electron chi connectivity index (χ2n) is 9.33. The predicted octanol–water partition coefficient (Wildman–Crippen LogP) is 3.27. The molecule has 6 rings (SSSR count). The smallest absolute Gasteiger partial charge is 0.325 e. The van der Waals surface area contributed by atoms with Crippen LogP contribution in [0.5, 0.6) is 0 Å². The van der Waals surface area contributed by atoms with Crippen LogP contribution in [0.25, 0.3) is 10.9 Å². The van der Waals surface area contributed by atoms with Gasteiger partial charge in [0.1, 0.15) is 12.1 Å². The number of amides is 4. The van der Waals surface area contributed by atoms with Crippen LogP contribution in [0.3, 0.4) is 0 Å². The maximum absolute atomic E-state index is 13.3. The number of hydrogen-bond acceptors (Lipinski definition) is 3. The molecule has 0 radical (unpaired) electrons. The molecule has 2 saturated heterocycles. The van der Waals surface area contributed by atoms with E-state index in [9.17, 15) is 14.4 Å². The lowest BCUT2D eigenvalue weighted by molar-refractivity contribution is -0.139. The molecule has 0 saturated carbocycles. The summed E-state index contributed by atoms with van der Waals surface area (Å²) in [7, 11) is 0. The lowest BCUT2D eigenvalue weighted by Gasteiger charge is -2.32. The number of hydrogen-bond donors (Lipinski definition) is 2. The number of rotatable bonds is 3. The van der Waals surface area contributed by atoms with Gasteiger partial charge in [0, 0.05) is 30.2 Å². The highest BCUT2D eigenvalue weighted by Crippen LogP contribution is 2.41. The Kier molecular flexibility index (Phi) is 4.54. The van der Waals surface area contributed by atoms with Crippen LogP contribution in [0.1, 0.15) is 41.9 Å². The molecular formula is C26H26N4O3. The third-order valence-corrected chi connectivity index (χ3v) is 7.62. The van der Waals surface area contributed by atoms with Gasteiger partial charge in [-0.15, -0.1) is 0 Å². The highest BCUT2D eigenvalue weighted by molar-refractivity contribution is 6.10. The van der Waals surface area contributed by atoms with Gasteiger partial charge in [-0.25, -0.2) is 4.79 Å². The highest BCUT2D eigenvalue weighted by Gasteiger charge is 2.55. The summed E-state index contributed by atoms with van der Waals surface area (Å²) in [6.07, 6.45) is 5.10. The van der Waals surface area contributed by atoms with E-state index in [2.05, 4.69) is 28.6 Å². The fourth-order valence-electron chi connectivity index (χ4n) is 5.84. The van der Waals surface area contributed by atoms with E-state index in [1.807, 2.05) is 36.4 Å². The quantitative estimate of drug-likeness (QED) is 0.611. The molecule has 3 aliphatic rings. The van der Waals surface area contributed by atoms with Gasteiger partial charge in [-0.1, -0.05) is 42.5 Å². The second kappa shape index (κ2) is 7.47. The summed E-state index contributed by atoms with van der Waals surface area (Å²) in [6, 6.07) is 15.5. The van der Waals surface area contributed by atoms with Crippen molar-refractivity contribution >= 4 is 28.7 Å². The van der Waals surface area contributed by atoms with E-state index >= 15 is 0 Å². The van der Waals surface area contributed by atoms with Gasteiger partial charge in [-0.2, -0.15) is 0 Å². The van der Waals surface area contributed by atoms with E-state index in [0.717, 1.165) is 40.8 Å². The van der Waals surface area contributed by atoms with Gasteiger partial charge in [0.2, 0.25) is 5.91 Å². The van der Waals surface area contributed by atoms with Gasteiger partial charge < -0.3 is 15.2 Å². The van der Waals surface area contributed by atoms with Crippen LogP contribution in [-0.4, -0.2) is 52.3 Å². The zero-order chi connectivity index (χ0) is 22.6. The number of urea groups is 1. The Labute approximate surface area is 191 Å². The van der Waals surface area contributed by atoms with Crippen LogP contribution in [0.15, 0.2) is 54.7 Å². The molecule has 2 N–H and O–H groups in total. The van der Waals surface area contributed by atoms with Crippen molar-refractivity contribution in [3.05, 3.63) is 71.4 Å². The maximum Gasteiger partial charge on any atom is 0.325 e. The fraction of sp³-hybridized carbons (Fsp3) is 0.346. The summed E-state index contributed by atoms with van der Waals surface area (Å²) in [5.41, 5.74) is 3.35. The molecule has 1 spiro atoms. The largest absolute Gasteiger partial charge is 0.361 e. The normalized spacial score (nSPS) is 22.9. The van der Waals surface area contributed by atoms with Crippen molar-refractivity contribution < 1.29 is 14.4 Å². The zero-order valence-corrected chi connectivity index (χ0v) is 18.3. The average molecular weight is 443 g/mol. The number of aryl methyl sites for hydroxylation is 1. The Balaban J connectivity index is 1.13. The summed E-state index contributed by atoms with van der Waals surface area (Å²) in [5, 5.41) is 4.14. The van der Waals surface area contributed by atoms with Crippen molar-refractivity contribution in [3.63, 3.8) is 0 Å². The van der Waals surface area contributed by atoms with E-state index in [4.69, 9.17) is 0 Å². The van der Waals surface area contributed by atoms with Crippen molar-refractivity contribution in [2.45, 2.75) is 37.1 Å². The molecule has 2 aromatic carbocycles. The minimum Gasteiger partial charge on any atom is -0.361 e. The van der Waals surface area contributed by atoms with Gasteiger partial charge in [0.15, 0.2) is 0 Å². The molecule has 2 aliphatic heterocycles. The predicted molar refractivity (Wildman–Crippen MR) is 124 cm³/mol. The number of carbonyl (C=O) groups excluding carboxylic acids is 3. The van der Waals surface area contributed by atoms with Crippen LogP contribution in [-0.2, 0) is 21.5 Å². The highest BCUT2D eigenvalue weighted by atomic mass is 16.2. The molecule has 0 bridgehead atoms. The molecular weight excluding hydrogens is 416 g/mol. The Hall–Kier alpha value is -3.61. The second-order valence-corrected chi connectivity index (χ2v) is 9.33. The van der Waals surface area contributed by atoms with E-state index in [0.29, 0.717) is 25.4 Å². The molecule has 3 heterocycles. The molecule has 4 amide bonds. The Morgan fingerprint density at radius 1 is 1.03 bits per heavy atom. The minimum atomic E-state index is -1.02. The molecule has 1 atom stereocenters. The minimum absolute atomic E-state index is 0.167. The van der Waals surface area contributed by atoms with E-state index in [1.54, 1.807) is 4.90 Å². The number of imide groups is 1. The van der Waals surface area contributed by atoms with Gasteiger partial charge >= 0.3 is 6.03 Å². The molecule has 3 aromatic rings. The molecule has 168 valence electrons. The first-order valence-corrected chi connectivity index (χ1v) is 11.6. The Morgan fingerprint density at radius 2 is 1.79 bits per heavy atom. The number of nitrogens with zero attached hydrogens (tertiary/aromatic N) is 2. The van der Waals surface area contributed by atoms with Crippen LogP contribution in [0, 0.1) is 0 Å². The molecule has 2 fully saturated rings. The Morgan fingerprint density at radius 3 is 2.64 bits per heavy atom. The van der Waals surface area contributed by atoms with E-state index in [-0.39, 0.29) is 18.4 Å². The number of likely N-dealkylation sites (tertiary alicyclic amines) is 1. The third-order valence-electron chi connectivity index (χ3n) is 7.62. The molecule has 1 aromatic heterocycles. The summed E-state index contributed by atoms with van der Waals surface area (Å²) < 4.78 is 0. The number of fused-ring (bicyclic) bond motifs is 3. The lowest BCUT2D eigenvalue weighted by Crippen LogP contribution is -2.46. The first-order chi connectivity index (χ1) is 16.1. The van der Waals surface area contributed by atoms with Crippen molar-refractivity contribution in [1.29, 1.82) is 0 Å². The summed E-state index contributed by atoms with van der Waals surface area (Å²) >= 11 is 0. The Bertz CT molecular complexity index is 1270. The number of H-pyrrole nitrogens is 1. The van der Waals surface area contributed by atoms with Crippen molar-refractivity contribution in [3.8, 4) is 0 Å². The average Bonchev–Trinajstić information content (AvgIpc) is 3.51. The molecule has 33 heavy (non-hydrogen) atoms. The SMILES string of the molecule is O=C(CN1C(=O)NC2(CCc3ccccc32)C1=O)N1CCC(c2c[nH]c3ccccc23)CC1. The van der Waals surface area contributed by atoms with Crippen molar-refractivity contribution in [2.75, 3.05) is 19.6 Å². The van der Waals surface area contributed by atoms with Gasteiger partial charge in [0.25, 0.3) is 5.91 Å². The molecule has 1 unspecified atom stereocenters. The summed E-state index contributed by atoms with van der Waals surface area (Å²) in [6.45, 7) is 1.05. The topological polar surface area (TPSA) is 85.5 Å². The first-order valence-electron chi connectivity index (χ1n) is 11.6. The summed E-state index contributed by atoms with van der Waals surface area (Å²) in [5.74, 6) is -0.0844. The van der Waals surface area contributed by atoms with Gasteiger partial charge in [-0.3, -0.25) is 14.5 Å². The first kappa shape index (κ1) is 20.0. The third kappa shape index (κ3) is 3.06. The number of carbonyl (C=O) groups is 3. The number of aromatic amines is 1. The lowest BCUT2D eigenvalue weighted by atomic mass is 9.89.